The number of nitrogens with zero attached hydrogens (tertiary/aromatic N) is 4. The zero-order valence-corrected chi connectivity index (χ0v) is 12.3. The summed E-state index contributed by atoms with van der Waals surface area (Å²) in [7, 11) is 0. The number of hydrogen-bond acceptors (Lipinski definition) is 4. The zero-order valence-electron chi connectivity index (χ0n) is 12.3. The third kappa shape index (κ3) is 2.47. The Labute approximate surface area is 132 Å². The minimum atomic E-state index is 0.0525. The first kappa shape index (κ1) is 13.6. The summed E-state index contributed by atoms with van der Waals surface area (Å²) in [4.78, 5) is 4.04. The highest BCUT2D eigenvalue weighted by atomic mass is 16.3. The second-order valence-corrected chi connectivity index (χ2v) is 5.26. The predicted octanol–water partition coefficient (Wildman–Crippen LogP) is 2.95. The first-order valence-corrected chi connectivity index (χ1v) is 7.30. The molecule has 1 aromatic carbocycles. The molecule has 0 unspecified atom stereocenters. The van der Waals surface area contributed by atoms with E-state index < -0.39 is 0 Å². The van der Waals surface area contributed by atoms with Gasteiger partial charge >= 0.3 is 0 Å². The topological polar surface area (TPSA) is 63.3 Å². The van der Waals surface area contributed by atoms with Crippen molar-refractivity contribution < 1.29 is 5.11 Å². The molecule has 0 bridgehead atoms. The molecule has 0 atom stereocenters. The summed E-state index contributed by atoms with van der Waals surface area (Å²) < 4.78 is 1.98. The van der Waals surface area contributed by atoms with Crippen LogP contribution in [0.2, 0.25) is 0 Å². The second-order valence-electron chi connectivity index (χ2n) is 5.26. The maximum atomic E-state index is 9.15. The number of fused-ring (bicyclic) bond motifs is 1. The van der Waals surface area contributed by atoms with Crippen molar-refractivity contribution in [3.05, 3.63) is 72.7 Å². The summed E-state index contributed by atoms with van der Waals surface area (Å²) >= 11 is 0. The first-order valence-electron chi connectivity index (χ1n) is 7.30. The third-order valence-corrected chi connectivity index (χ3v) is 3.81. The lowest BCUT2D eigenvalue weighted by Gasteiger charge is -2.05. The number of aromatic nitrogens is 4. The molecule has 0 aliphatic heterocycles. The smallest absolute Gasteiger partial charge is 0.168 e. The van der Waals surface area contributed by atoms with Gasteiger partial charge in [0.15, 0.2) is 11.5 Å². The van der Waals surface area contributed by atoms with Gasteiger partial charge in [-0.2, -0.15) is 0 Å². The van der Waals surface area contributed by atoms with E-state index >= 15 is 0 Å². The SMILES string of the molecule is OCc1ccc(-c2ccc3nnc(-c4ccncc4)n3c2)cc1. The molecular formula is C18H14N4O. The van der Waals surface area contributed by atoms with Gasteiger partial charge < -0.3 is 5.11 Å². The van der Waals surface area contributed by atoms with Crippen molar-refractivity contribution in [2.24, 2.45) is 0 Å². The molecular weight excluding hydrogens is 288 g/mol. The molecule has 1 N–H and O–H groups in total. The van der Waals surface area contributed by atoms with E-state index in [1.54, 1.807) is 12.4 Å². The first-order chi connectivity index (χ1) is 11.3. The molecule has 23 heavy (non-hydrogen) atoms. The van der Waals surface area contributed by atoms with Crippen LogP contribution in [0.1, 0.15) is 5.56 Å². The fourth-order valence-corrected chi connectivity index (χ4v) is 2.56. The minimum Gasteiger partial charge on any atom is -0.392 e. The summed E-state index contributed by atoms with van der Waals surface area (Å²) in [5.41, 5.74) is 4.82. The molecule has 0 saturated heterocycles. The van der Waals surface area contributed by atoms with E-state index in [-0.39, 0.29) is 6.61 Å². The van der Waals surface area contributed by atoms with Crippen LogP contribution in [-0.4, -0.2) is 24.7 Å². The van der Waals surface area contributed by atoms with Gasteiger partial charge in [-0.3, -0.25) is 9.38 Å². The maximum Gasteiger partial charge on any atom is 0.168 e. The Morgan fingerprint density at radius 2 is 1.52 bits per heavy atom. The molecule has 3 aromatic heterocycles. The molecule has 0 fully saturated rings. The number of aliphatic hydroxyl groups is 1. The Balaban J connectivity index is 1.83. The van der Waals surface area contributed by atoms with Crippen LogP contribution < -0.4 is 0 Å². The van der Waals surface area contributed by atoms with Gasteiger partial charge in [-0.15, -0.1) is 10.2 Å². The van der Waals surface area contributed by atoms with E-state index in [4.69, 9.17) is 5.11 Å². The van der Waals surface area contributed by atoms with Gasteiger partial charge in [-0.25, -0.2) is 0 Å². The highest BCUT2D eigenvalue weighted by Crippen LogP contribution is 2.23. The number of aliphatic hydroxyl groups excluding tert-OH is 1. The van der Waals surface area contributed by atoms with E-state index in [9.17, 15) is 0 Å². The Bertz CT molecular complexity index is 946. The molecule has 112 valence electrons. The zero-order chi connectivity index (χ0) is 15.6. The molecule has 0 amide bonds. The van der Waals surface area contributed by atoms with Crippen molar-refractivity contribution in [3.63, 3.8) is 0 Å². The van der Waals surface area contributed by atoms with Crippen LogP contribution in [0, 0.1) is 0 Å². The fraction of sp³-hybridized carbons (Fsp3) is 0.0556. The lowest BCUT2D eigenvalue weighted by molar-refractivity contribution is 0.282. The highest BCUT2D eigenvalue weighted by molar-refractivity contribution is 5.67. The van der Waals surface area contributed by atoms with Crippen molar-refractivity contribution in [1.29, 1.82) is 0 Å². The molecule has 0 saturated carbocycles. The van der Waals surface area contributed by atoms with Crippen LogP contribution in [0.5, 0.6) is 0 Å². The molecule has 4 rings (SSSR count). The molecule has 3 heterocycles. The minimum absolute atomic E-state index is 0.0525. The van der Waals surface area contributed by atoms with Gasteiger partial charge in [0.05, 0.1) is 6.61 Å². The van der Waals surface area contributed by atoms with E-state index in [2.05, 4.69) is 15.2 Å². The largest absolute Gasteiger partial charge is 0.392 e. The predicted molar refractivity (Wildman–Crippen MR) is 87.6 cm³/mol. The van der Waals surface area contributed by atoms with Gasteiger partial charge in [0.2, 0.25) is 0 Å². The summed E-state index contributed by atoms with van der Waals surface area (Å²) in [6, 6.07) is 15.7. The average molecular weight is 302 g/mol. The number of hydrogen-bond donors (Lipinski definition) is 1. The van der Waals surface area contributed by atoms with Crippen LogP contribution in [-0.2, 0) is 6.61 Å². The lowest BCUT2D eigenvalue weighted by Crippen LogP contribution is -1.91. The molecule has 4 aromatic rings. The molecule has 0 radical (unpaired) electrons. The van der Waals surface area contributed by atoms with Gasteiger partial charge in [0.25, 0.3) is 0 Å². The Morgan fingerprint density at radius 3 is 2.26 bits per heavy atom. The lowest BCUT2D eigenvalue weighted by atomic mass is 10.1. The van der Waals surface area contributed by atoms with Crippen molar-refractivity contribution in [2.45, 2.75) is 6.61 Å². The van der Waals surface area contributed by atoms with Crippen molar-refractivity contribution in [1.82, 2.24) is 19.6 Å². The van der Waals surface area contributed by atoms with Crippen LogP contribution in [0.3, 0.4) is 0 Å². The average Bonchev–Trinajstić information content (AvgIpc) is 3.05. The monoisotopic (exact) mass is 302 g/mol. The molecule has 0 aliphatic rings. The highest BCUT2D eigenvalue weighted by Gasteiger charge is 2.09. The van der Waals surface area contributed by atoms with Crippen LogP contribution >= 0.6 is 0 Å². The van der Waals surface area contributed by atoms with Crippen molar-refractivity contribution >= 4 is 5.65 Å². The van der Waals surface area contributed by atoms with Crippen molar-refractivity contribution in [3.8, 4) is 22.5 Å². The number of pyridine rings is 2. The van der Waals surface area contributed by atoms with Gasteiger partial charge in [0.1, 0.15) is 0 Å². The summed E-state index contributed by atoms with van der Waals surface area (Å²) in [6.45, 7) is 0.0525. The Morgan fingerprint density at radius 1 is 0.783 bits per heavy atom. The molecule has 0 spiro atoms. The normalized spacial score (nSPS) is 11.0. The van der Waals surface area contributed by atoms with Crippen molar-refractivity contribution in [2.75, 3.05) is 0 Å². The molecule has 5 heteroatoms. The second kappa shape index (κ2) is 5.62. The molecule has 5 nitrogen and oxygen atoms in total. The van der Waals surface area contributed by atoms with Gasteiger partial charge in [-0.1, -0.05) is 24.3 Å². The van der Waals surface area contributed by atoms with E-state index in [0.29, 0.717) is 0 Å². The quantitative estimate of drug-likeness (QED) is 0.632. The third-order valence-electron chi connectivity index (χ3n) is 3.81. The molecule has 0 aliphatic carbocycles. The fourth-order valence-electron chi connectivity index (χ4n) is 2.56. The summed E-state index contributed by atoms with van der Waals surface area (Å²) in [6.07, 6.45) is 5.51. The van der Waals surface area contributed by atoms with Crippen LogP contribution in [0.25, 0.3) is 28.2 Å². The van der Waals surface area contributed by atoms with E-state index in [1.165, 1.54) is 0 Å². The standard InChI is InChI=1S/C18H14N4O/c23-12-13-1-3-14(4-2-13)16-5-6-17-20-21-18(22(17)11-16)15-7-9-19-10-8-15/h1-11,23H,12H2. The van der Waals surface area contributed by atoms with Crippen LogP contribution in [0.4, 0.5) is 0 Å². The summed E-state index contributed by atoms with van der Waals surface area (Å²) in [5.74, 6) is 0.788. The van der Waals surface area contributed by atoms with Gasteiger partial charge in [-0.05, 0) is 41.0 Å². The number of rotatable bonds is 3. The Kier molecular flexibility index (Phi) is 3.33. The number of benzene rings is 1. The van der Waals surface area contributed by atoms with Crippen LogP contribution in [0.15, 0.2) is 67.1 Å². The maximum absolute atomic E-state index is 9.15. The van der Waals surface area contributed by atoms with Gasteiger partial charge in [0, 0.05) is 24.2 Å². The summed E-state index contributed by atoms with van der Waals surface area (Å²) in [5, 5.41) is 17.6. The Hall–Kier alpha value is -3.05. The van der Waals surface area contributed by atoms with E-state index in [1.807, 2.05) is 59.1 Å². The van der Waals surface area contributed by atoms with E-state index in [0.717, 1.165) is 33.7 Å².